The molecule has 3 heteroatoms. The average molecular weight is 309 g/mol. The molecule has 0 N–H and O–H groups in total. The van der Waals surface area contributed by atoms with Crippen molar-refractivity contribution in [3.8, 4) is 11.5 Å². The number of ether oxygens (including phenoxy) is 2. The second-order valence-electron chi connectivity index (χ2n) is 6.66. The van der Waals surface area contributed by atoms with E-state index >= 15 is 0 Å². The molecule has 0 saturated heterocycles. The molecule has 3 rings (SSSR count). The van der Waals surface area contributed by atoms with Gasteiger partial charge in [-0.25, -0.2) is 0 Å². The van der Waals surface area contributed by atoms with E-state index in [1.807, 2.05) is 6.07 Å². The lowest BCUT2D eigenvalue weighted by atomic mass is 9.84. The van der Waals surface area contributed by atoms with Crippen LogP contribution in [0, 0.1) is 17.8 Å². The average Bonchev–Trinajstić information content (AvgIpc) is 3.09. The fourth-order valence-electron chi connectivity index (χ4n) is 4.34. The van der Waals surface area contributed by atoms with Gasteiger partial charge in [-0.3, -0.25) is 0 Å². The van der Waals surface area contributed by atoms with Crippen molar-refractivity contribution in [2.45, 2.75) is 43.9 Å². The third-order valence-electron chi connectivity index (χ3n) is 5.35. The van der Waals surface area contributed by atoms with Crippen LogP contribution in [0.5, 0.6) is 11.5 Å². The van der Waals surface area contributed by atoms with Gasteiger partial charge in [0.2, 0.25) is 0 Å². The van der Waals surface area contributed by atoms with Gasteiger partial charge in [-0.1, -0.05) is 12.5 Å². The summed E-state index contributed by atoms with van der Waals surface area (Å²) in [7, 11) is 3.34. The van der Waals surface area contributed by atoms with Crippen molar-refractivity contribution in [3.63, 3.8) is 0 Å². The molecule has 0 heterocycles. The van der Waals surface area contributed by atoms with E-state index in [9.17, 15) is 0 Å². The maximum absolute atomic E-state index is 6.63. The van der Waals surface area contributed by atoms with Gasteiger partial charge >= 0.3 is 0 Å². The monoisotopic (exact) mass is 308 g/mol. The Labute approximate surface area is 132 Å². The second-order valence-corrected chi connectivity index (χ2v) is 7.28. The number of hydrogen-bond donors (Lipinski definition) is 0. The summed E-state index contributed by atoms with van der Waals surface area (Å²) < 4.78 is 10.6. The Hall–Kier alpha value is -0.890. The van der Waals surface area contributed by atoms with Crippen molar-refractivity contribution in [2.75, 3.05) is 14.2 Å². The third-order valence-corrected chi connectivity index (χ3v) is 5.68. The normalized spacial score (nSPS) is 28.6. The standard InChI is InChI=1S/C18H25ClO2/c1-20-17-6-4-13(10-18(17)21-2)9-16(19)11-15-8-12-3-5-14(15)7-12/h4,6,10,12,14-16H,3,5,7-9,11H2,1-2H3. The van der Waals surface area contributed by atoms with Crippen LogP contribution in [0.3, 0.4) is 0 Å². The van der Waals surface area contributed by atoms with E-state index in [-0.39, 0.29) is 5.38 Å². The smallest absolute Gasteiger partial charge is 0.160 e. The number of fused-ring (bicyclic) bond motifs is 2. The van der Waals surface area contributed by atoms with Gasteiger partial charge in [-0.05, 0) is 67.6 Å². The highest BCUT2D eigenvalue weighted by molar-refractivity contribution is 6.20. The number of methoxy groups -OCH3 is 2. The number of rotatable bonds is 6. The lowest BCUT2D eigenvalue weighted by Gasteiger charge is -2.24. The molecule has 0 radical (unpaired) electrons. The Balaban J connectivity index is 1.58. The van der Waals surface area contributed by atoms with Crippen molar-refractivity contribution < 1.29 is 9.47 Å². The minimum atomic E-state index is 0.229. The lowest BCUT2D eigenvalue weighted by molar-refractivity contribution is 0.310. The van der Waals surface area contributed by atoms with Gasteiger partial charge in [-0.15, -0.1) is 11.6 Å². The fourth-order valence-corrected chi connectivity index (χ4v) is 4.75. The summed E-state index contributed by atoms with van der Waals surface area (Å²) in [5, 5.41) is 0.229. The predicted octanol–water partition coefficient (Wildman–Crippen LogP) is 4.68. The zero-order valence-electron chi connectivity index (χ0n) is 13.0. The highest BCUT2D eigenvalue weighted by Gasteiger charge is 2.39. The topological polar surface area (TPSA) is 18.5 Å². The maximum atomic E-state index is 6.63. The molecule has 21 heavy (non-hydrogen) atoms. The Morgan fingerprint density at radius 1 is 1.14 bits per heavy atom. The Morgan fingerprint density at radius 3 is 2.57 bits per heavy atom. The molecule has 2 fully saturated rings. The molecular formula is C18H25ClO2. The Bertz CT molecular complexity index is 488. The lowest BCUT2D eigenvalue weighted by Crippen LogP contribution is -2.16. The summed E-state index contributed by atoms with van der Waals surface area (Å²) in [6.45, 7) is 0. The highest BCUT2D eigenvalue weighted by atomic mass is 35.5. The van der Waals surface area contributed by atoms with Gasteiger partial charge < -0.3 is 9.47 Å². The maximum Gasteiger partial charge on any atom is 0.160 e. The van der Waals surface area contributed by atoms with Crippen molar-refractivity contribution in [2.24, 2.45) is 17.8 Å². The molecule has 2 bridgehead atoms. The number of hydrogen-bond acceptors (Lipinski definition) is 2. The minimum absolute atomic E-state index is 0.229. The molecule has 116 valence electrons. The first kappa shape index (κ1) is 15.0. The van der Waals surface area contributed by atoms with Gasteiger partial charge in [0.15, 0.2) is 11.5 Å². The molecule has 0 amide bonds. The van der Waals surface area contributed by atoms with Crippen molar-refractivity contribution in [1.82, 2.24) is 0 Å². The third kappa shape index (κ3) is 3.31. The molecule has 1 aromatic carbocycles. The second kappa shape index (κ2) is 6.48. The van der Waals surface area contributed by atoms with Crippen LogP contribution < -0.4 is 9.47 Å². The molecule has 4 unspecified atom stereocenters. The van der Waals surface area contributed by atoms with E-state index in [0.717, 1.165) is 42.1 Å². The van der Waals surface area contributed by atoms with E-state index in [1.165, 1.54) is 31.2 Å². The van der Waals surface area contributed by atoms with Gasteiger partial charge in [0.05, 0.1) is 14.2 Å². The van der Waals surface area contributed by atoms with Crippen molar-refractivity contribution in [3.05, 3.63) is 23.8 Å². The molecule has 0 aliphatic heterocycles. The Morgan fingerprint density at radius 2 is 1.95 bits per heavy atom. The van der Waals surface area contributed by atoms with E-state index in [4.69, 9.17) is 21.1 Å². The zero-order chi connectivity index (χ0) is 14.8. The largest absolute Gasteiger partial charge is 0.493 e. The molecule has 2 aliphatic rings. The van der Waals surface area contributed by atoms with Crippen LogP contribution in [-0.4, -0.2) is 19.6 Å². The summed E-state index contributed by atoms with van der Waals surface area (Å²) >= 11 is 6.63. The number of benzene rings is 1. The van der Waals surface area contributed by atoms with Crippen molar-refractivity contribution >= 4 is 11.6 Å². The van der Waals surface area contributed by atoms with Crippen LogP contribution in [0.2, 0.25) is 0 Å². The quantitative estimate of drug-likeness (QED) is 0.710. The minimum Gasteiger partial charge on any atom is -0.493 e. The fraction of sp³-hybridized carbons (Fsp3) is 0.667. The van der Waals surface area contributed by atoms with E-state index in [0.29, 0.717) is 0 Å². The van der Waals surface area contributed by atoms with Gasteiger partial charge in [0.25, 0.3) is 0 Å². The van der Waals surface area contributed by atoms with Crippen LogP contribution in [0.25, 0.3) is 0 Å². The molecule has 1 aromatic rings. The summed E-state index contributed by atoms with van der Waals surface area (Å²) in [5.41, 5.74) is 1.23. The summed E-state index contributed by atoms with van der Waals surface area (Å²) in [6.07, 6.45) is 7.86. The van der Waals surface area contributed by atoms with Gasteiger partial charge in [0, 0.05) is 5.38 Å². The van der Waals surface area contributed by atoms with Gasteiger partial charge in [-0.2, -0.15) is 0 Å². The number of halogens is 1. The van der Waals surface area contributed by atoms with Crippen LogP contribution in [0.15, 0.2) is 18.2 Å². The number of alkyl halides is 1. The highest BCUT2D eigenvalue weighted by Crippen LogP contribution is 2.50. The molecule has 0 aromatic heterocycles. The molecule has 0 spiro atoms. The van der Waals surface area contributed by atoms with Crippen LogP contribution in [-0.2, 0) is 6.42 Å². The first-order valence-electron chi connectivity index (χ1n) is 8.04. The predicted molar refractivity (Wildman–Crippen MR) is 86.4 cm³/mol. The molecule has 4 atom stereocenters. The molecule has 2 aliphatic carbocycles. The van der Waals surface area contributed by atoms with E-state index < -0.39 is 0 Å². The molecule has 2 saturated carbocycles. The molecular weight excluding hydrogens is 284 g/mol. The van der Waals surface area contributed by atoms with Crippen LogP contribution in [0.1, 0.15) is 37.7 Å². The van der Waals surface area contributed by atoms with Crippen molar-refractivity contribution in [1.29, 1.82) is 0 Å². The van der Waals surface area contributed by atoms with E-state index in [1.54, 1.807) is 14.2 Å². The summed E-state index contributed by atoms with van der Waals surface area (Å²) in [4.78, 5) is 0. The van der Waals surface area contributed by atoms with E-state index in [2.05, 4.69) is 12.1 Å². The Kier molecular flexibility index (Phi) is 4.63. The summed E-state index contributed by atoms with van der Waals surface area (Å²) in [6, 6.07) is 6.11. The first-order valence-corrected chi connectivity index (χ1v) is 8.48. The SMILES string of the molecule is COc1ccc(CC(Cl)CC2CC3CCC2C3)cc1OC. The van der Waals surface area contributed by atoms with Crippen LogP contribution in [0.4, 0.5) is 0 Å². The first-order chi connectivity index (χ1) is 10.2. The molecule has 2 nitrogen and oxygen atoms in total. The van der Waals surface area contributed by atoms with Gasteiger partial charge in [0.1, 0.15) is 0 Å². The zero-order valence-corrected chi connectivity index (χ0v) is 13.7. The van der Waals surface area contributed by atoms with Crippen LogP contribution >= 0.6 is 11.6 Å². The summed E-state index contributed by atoms with van der Waals surface area (Å²) in [5.74, 6) is 4.40.